The molecule has 1 aliphatic carbocycles. The molecule has 1 N–H and O–H groups in total. The maximum Gasteiger partial charge on any atom is 0.108 e. The Morgan fingerprint density at radius 3 is 2.76 bits per heavy atom. The topological polar surface area (TPSA) is 39.1 Å². The highest BCUT2D eigenvalue weighted by Crippen LogP contribution is 2.35. The maximum absolute atomic E-state index is 9.72. The van der Waals surface area contributed by atoms with Gasteiger partial charge in [0.2, 0.25) is 0 Å². The molecule has 2 aliphatic rings. The van der Waals surface area contributed by atoms with Crippen molar-refractivity contribution in [1.29, 1.82) is 5.26 Å². The molecule has 3 heteroatoms. The Bertz CT molecular complexity index is 347. The molecule has 2 fully saturated rings. The number of likely N-dealkylation sites (tertiary alicyclic amines) is 1. The normalized spacial score (nSPS) is 34.5. The Labute approximate surface area is 131 Å². The van der Waals surface area contributed by atoms with Crippen molar-refractivity contribution in [1.82, 2.24) is 10.2 Å². The van der Waals surface area contributed by atoms with E-state index in [1.807, 2.05) is 0 Å². The lowest BCUT2D eigenvalue weighted by molar-refractivity contribution is 0.0496. The first-order chi connectivity index (χ1) is 10.2. The Kier molecular flexibility index (Phi) is 6.51. The smallest absolute Gasteiger partial charge is 0.108 e. The zero-order valence-corrected chi connectivity index (χ0v) is 14.0. The van der Waals surface area contributed by atoms with Crippen LogP contribution in [0.4, 0.5) is 0 Å². The quantitative estimate of drug-likeness (QED) is 0.808. The molecular formula is C18H33N3. The predicted molar refractivity (Wildman–Crippen MR) is 88.1 cm³/mol. The number of hydrogen-bond donors (Lipinski definition) is 1. The number of nitrogens with zero attached hydrogens (tertiary/aromatic N) is 2. The fraction of sp³-hybridized carbons (Fsp3) is 0.944. The lowest BCUT2D eigenvalue weighted by Crippen LogP contribution is -2.55. The summed E-state index contributed by atoms with van der Waals surface area (Å²) in [6, 6.07) is 4.03. The number of nitrogens with one attached hydrogen (secondary N) is 1. The van der Waals surface area contributed by atoms with Gasteiger partial charge in [0, 0.05) is 12.1 Å². The van der Waals surface area contributed by atoms with Gasteiger partial charge in [0.1, 0.15) is 5.54 Å². The molecule has 120 valence electrons. The molecule has 0 radical (unpaired) electrons. The molecule has 1 saturated carbocycles. The number of rotatable bonds is 6. The third kappa shape index (κ3) is 4.20. The first kappa shape index (κ1) is 16.8. The monoisotopic (exact) mass is 291 g/mol. The van der Waals surface area contributed by atoms with Crippen LogP contribution in [0.1, 0.15) is 78.1 Å². The van der Waals surface area contributed by atoms with Gasteiger partial charge in [0.05, 0.1) is 6.07 Å². The summed E-state index contributed by atoms with van der Waals surface area (Å²) in [4.78, 5) is 2.77. The molecule has 3 nitrogen and oxygen atoms in total. The van der Waals surface area contributed by atoms with Crippen LogP contribution in [0.5, 0.6) is 0 Å². The van der Waals surface area contributed by atoms with Crippen molar-refractivity contribution in [2.75, 3.05) is 13.1 Å². The highest BCUT2D eigenvalue weighted by Gasteiger charge is 2.40. The summed E-state index contributed by atoms with van der Waals surface area (Å²) in [5, 5.41) is 13.3. The molecule has 3 unspecified atom stereocenters. The lowest BCUT2D eigenvalue weighted by atomic mass is 9.78. The average Bonchev–Trinajstić information content (AvgIpc) is 2.54. The van der Waals surface area contributed by atoms with Crippen molar-refractivity contribution in [2.45, 2.75) is 95.7 Å². The third-order valence-corrected chi connectivity index (χ3v) is 5.42. The highest BCUT2D eigenvalue weighted by atomic mass is 15.2. The molecule has 1 heterocycles. The summed E-state index contributed by atoms with van der Waals surface area (Å²) in [6.45, 7) is 6.71. The second-order valence-electron chi connectivity index (χ2n) is 7.05. The summed E-state index contributed by atoms with van der Waals surface area (Å²) < 4.78 is 0. The van der Waals surface area contributed by atoms with Crippen LogP contribution in [0.3, 0.4) is 0 Å². The zero-order valence-electron chi connectivity index (χ0n) is 14.0. The Morgan fingerprint density at radius 1 is 1.19 bits per heavy atom. The van der Waals surface area contributed by atoms with Crippen molar-refractivity contribution in [3.63, 3.8) is 0 Å². The molecule has 0 aromatic carbocycles. The van der Waals surface area contributed by atoms with E-state index in [2.05, 4.69) is 30.1 Å². The fourth-order valence-electron chi connectivity index (χ4n) is 4.34. The number of piperidine rings is 1. The molecule has 1 saturated heterocycles. The van der Waals surface area contributed by atoms with Crippen molar-refractivity contribution >= 4 is 0 Å². The molecule has 0 aromatic heterocycles. The standard InChI is InChI=1S/C18H33N3/c1-3-8-16-9-5-6-13-21(16)17-10-7-11-18(14-17,15-19)20-12-4-2/h16-17,20H,3-14H2,1-2H3. The van der Waals surface area contributed by atoms with Crippen LogP contribution in [0.15, 0.2) is 0 Å². The molecule has 1 aliphatic heterocycles. The zero-order chi connectivity index (χ0) is 15.1. The van der Waals surface area contributed by atoms with Crippen molar-refractivity contribution in [3.05, 3.63) is 0 Å². The van der Waals surface area contributed by atoms with E-state index in [0.717, 1.165) is 31.8 Å². The van der Waals surface area contributed by atoms with E-state index >= 15 is 0 Å². The van der Waals surface area contributed by atoms with Crippen LogP contribution < -0.4 is 5.32 Å². The average molecular weight is 291 g/mol. The van der Waals surface area contributed by atoms with Gasteiger partial charge < -0.3 is 0 Å². The van der Waals surface area contributed by atoms with Crippen molar-refractivity contribution < 1.29 is 0 Å². The van der Waals surface area contributed by atoms with Gasteiger partial charge in [-0.2, -0.15) is 5.26 Å². The molecule has 2 rings (SSSR count). The van der Waals surface area contributed by atoms with E-state index < -0.39 is 0 Å². The highest BCUT2D eigenvalue weighted by molar-refractivity contribution is 5.11. The van der Waals surface area contributed by atoms with Gasteiger partial charge >= 0.3 is 0 Å². The summed E-state index contributed by atoms with van der Waals surface area (Å²) in [6.07, 6.45) is 12.4. The summed E-state index contributed by atoms with van der Waals surface area (Å²) in [5.41, 5.74) is -0.257. The van der Waals surface area contributed by atoms with Gasteiger partial charge in [-0.15, -0.1) is 0 Å². The predicted octanol–water partition coefficient (Wildman–Crippen LogP) is 3.85. The van der Waals surface area contributed by atoms with Crippen molar-refractivity contribution in [2.24, 2.45) is 0 Å². The molecule has 3 atom stereocenters. The lowest BCUT2D eigenvalue weighted by Gasteiger charge is -2.46. The molecular weight excluding hydrogens is 258 g/mol. The van der Waals surface area contributed by atoms with Gasteiger partial charge in [-0.05, 0) is 64.5 Å². The van der Waals surface area contributed by atoms with Gasteiger partial charge in [-0.1, -0.05) is 26.7 Å². The molecule has 0 bridgehead atoms. The van der Waals surface area contributed by atoms with Crippen LogP contribution in [0.2, 0.25) is 0 Å². The van der Waals surface area contributed by atoms with Crippen LogP contribution in [-0.2, 0) is 0 Å². The van der Waals surface area contributed by atoms with Gasteiger partial charge in [0.25, 0.3) is 0 Å². The Hall–Kier alpha value is -0.590. The first-order valence-corrected chi connectivity index (χ1v) is 9.16. The van der Waals surface area contributed by atoms with Crippen LogP contribution in [-0.4, -0.2) is 35.6 Å². The van der Waals surface area contributed by atoms with Crippen LogP contribution >= 0.6 is 0 Å². The fourth-order valence-corrected chi connectivity index (χ4v) is 4.34. The SMILES string of the molecule is CCCNC1(C#N)CCCC(N2CCCCC2CCC)C1. The van der Waals surface area contributed by atoms with Gasteiger partial charge in [-0.25, -0.2) is 0 Å². The van der Waals surface area contributed by atoms with Crippen LogP contribution in [0, 0.1) is 11.3 Å². The van der Waals surface area contributed by atoms with E-state index in [1.165, 1.54) is 51.5 Å². The van der Waals surface area contributed by atoms with E-state index in [4.69, 9.17) is 0 Å². The molecule has 0 aromatic rings. The first-order valence-electron chi connectivity index (χ1n) is 9.16. The molecule has 0 amide bonds. The van der Waals surface area contributed by atoms with E-state index in [9.17, 15) is 5.26 Å². The van der Waals surface area contributed by atoms with Crippen LogP contribution in [0.25, 0.3) is 0 Å². The number of hydrogen-bond acceptors (Lipinski definition) is 3. The molecule has 0 spiro atoms. The minimum absolute atomic E-state index is 0.257. The minimum atomic E-state index is -0.257. The van der Waals surface area contributed by atoms with Gasteiger partial charge in [-0.3, -0.25) is 10.2 Å². The van der Waals surface area contributed by atoms with E-state index in [1.54, 1.807) is 0 Å². The summed E-state index contributed by atoms with van der Waals surface area (Å²) in [5.74, 6) is 0. The van der Waals surface area contributed by atoms with Gasteiger partial charge in [0.15, 0.2) is 0 Å². The Balaban J connectivity index is 2.02. The van der Waals surface area contributed by atoms with E-state index in [-0.39, 0.29) is 5.54 Å². The molecule has 21 heavy (non-hydrogen) atoms. The Morgan fingerprint density at radius 2 is 2.05 bits per heavy atom. The largest absolute Gasteiger partial charge is 0.299 e. The summed E-state index contributed by atoms with van der Waals surface area (Å²) in [7, 11) is 0. The second-order valence-corrected chi connectivity index (χ2v) is 7.05. The third-order valence-electron chi connectivity index (χ3n) is 5.42. The summed E-state index contributed by atoms with van der Waals surface area (Å²) >= 11 is 0. The maximum atomic E-state index is 9.72. The van der Waals surface area contributed by atoms with Crippen molar-refractivity contribution in [3.8, 4) is 6.07 Å². The minimum Gasteiger partial charge on any atom is -0.299 e. The second kappa shape index (κ2) is 8.15. The number of nitriles is 1. The van der Waals surface area contributed by atoms with E-state index in [0.29, 0.717) is 6.04 Å².